The van der Waals surface area contributed by atoms with Gasteiger partial charge < -0.3 is 15.0 Å². The molecular weight excluding hydrogens is 224 g/mol. The van der Waals surface area contributed by atoms with Crippen molar-refractivity contribution in [2.45, 2.75) is 19.4 Å². The van der Waals surface area contributed by atoms with Gasteiger partial charge in [-0.2, -0.15) is 0 Å². The van der Waals surface area contributed by atoms with Gasteiger partial charge in [-0.3, -0.25) is 0 Å². The minimum Gasteiger partial charge on any atom is -0.376 e. The van der Waals surface area contributed by atoms with Crippen molar-refractivity contribution in [3.8, 4) is 0 Å². The lowest BCUT2D eigenvalue weighted by Gasteiger charge is -2.27. The number of fused-ring (bicyclic) bond motifs is 1. The van der Waals surface area contributed by atoms with Crippen molar-refractivity contribution >= 4 is 0 Å². The minimum atomic E-state index is 0.799. The third kappa shape index (κ3) is 2.91. The Hall–Kier alpha value is -0.900. The Morgan fingerprint density at radius 3 is 2.94 bits per heavy atom. The number of benzene rings is 1. The van der Waals surface area contributed by atoms with E-state index >= 15 is 0 Å². The van der Waals surface area contributed by atoms with Crippen LogP contribution in [-0.2, 0) is 24.2 Å². The van der Waals surface area contributed by atoms with Gasteiger partial charge in [0.1, 0.15) is 0 Å². The summed E-state index contributed by atoms with van der Waals surface area (Å²) in [6, 6.07) is 6.91. The standard InChI is InChI=1S/C15H22N2O/c1-2-15-12-18-10-4-14(15)11-13(1)3-7-17-8-5-16-6-9-17/h1-2,11,16H,3-10,12H2. The number of piperazine rings is 1. The van der Waals surface area contributed by atoms with Crippen LogP contribution in [0, 0.1) is 0 Å². The van der Waals surface area contributed by atoms with Gasteiger partial charge in [0.25, 0.3) is 0 Å². The van der Waals surface area contributed by atoms with Gasteiger partial charge in [0, 0.05) is 32.7 Å². The fraction of sp³-hybridized carbons (Fsp3) is 0.600. The summed E-state index contributed by atoms with van der Waals surface area (Å²) >= 11 is 0. The predicted molar refractivity (Wildman–Crippen MR) is 72.8 cm³/mol. The van der Waals surface area contributed by atoms with Gasteiger partial charge >= 0.3 is 0 Å². The molecular formula is C15H22N2O. The number of nitrogens with zero attached hydrogens (tertiary/aromatic N) is 1. The van der Waals surface area contributed by atoms with Crippen molar-refractivity contribution in [2.24, 2.45) is 0 Å². The van der Waals surface area contributed by atoms with E-state index in [1.165, 1.54) is 42.7 Å². The Morgan fingerprint density at radius 2 is 2.06 bits per heavy atom. The van der Waals surface area contributed by atoms with Crippen molar-refractivity contribution < 1.29 is 4.74 Å². The second-order valence-corrected chi connectivity index (χ2v) is 5.25. The van der Waals surface area contributed by atoms with Gasteiger partial charge in [0.05, 0.1) is 13.2 Å². The summed E-state index contributed by atoms with van der Waals surface area (Å²) in [6.07, 6.45) is 2.25. The second-order valence-electron chi connectivity index (χ2n) is 5.25. The Kier molecular flexibility index (Phi) is 3.93. The van der Waals surface area contributed by atoms with Crippen molar-refractivity contribution in [3.05, 3.63) is 34.9 Å². The summed E-state index contributed by atoms with van der Waals surface area (Å²) in [5.41, 5.74) is 4.36. The van der Waals surface area contributed by atoms with Gasteiger partial charge in [-0.1, -0.05) is 18.2 Å². The van der Waals surface area contributed by atoms with E-state index in [1.807, 2.05) is 0 Å². The molecule has 0 atom stereocenters. The molecule has 0 radical (unpaired) electrons. The summed E-state index contributed by atoms with van der Waals surface area (Å²) in [5, 5.41) is 3.40. The van der Waals surface area contributed by atoms with E-state index in [2.05, 4.69) is 28.4 Å². The first-order valence-corrected chi connectivity index (χ1v) is 7.03. The molecule has 1 N–H and O–H groups in total. The maximum absolute atomic E-state index is 5.48. The second kappa shape index (κ2) is 5.83. The van der Waals surface area contributed by atoms with Crippen LogP contribution in [0.1, 0.15) is 16.7 Å². The van der Waals surface area contributed by atoms with Crippen molar-refractivity contribution in [1.29, 1.82) is 0 Å². The van der Waals surface area contributed by atoms with Crippen LogP contribution in [0.2, 0.25) is 0 Å². The fourth-order valence-electron chi connectivity index (χ4n) is 2.79. The van der Waals surface area contributed by atoms with E-state index in [0.29, 0.717) is 0 Å². The zero-order valence-corrected chi connectivity index (χ0v) is 11.0. The summed E-state index contributed by atoms with van der Waals surface area (Å²) in [6.45, 7) is 7.54. The first kappa shape index (κ1) is 12.2. The van der Waals surface area contributed by atoms with Crippen LogP contribution in [0.15, 0.2) is 18.2 Å². The van der Waals surface area contributed by atoms with Crippen LogP contribution in [0.25, 0.3) is 0 Å². The summed E-state index contributed by atoms with van der Waals surface area (Å²) in [7, 11) is 0. The van der Waals surface area contributed by atoms with E-state index in [4.69, 9.17) is 4.74 Å². The highest BCUT2D eigenvalue weighted by atomic mass is 16.5. The summed E-state index contributed by atoms with van der Waals surface area (Å²) < 4.78 is 5.48. The molecule has 2 heterocycles. The third-order valence-electron chi connectivity index (χ3n) is 3.97. The Bertz CT molecular complexity index is 399. The van der Waals surface area contributed by atoms with Crippen molar-refractivity contribution in [2.75, 3.05) is 39.3 Å². The molecule has 0 saturated carbocycles. The maximum atomic E-state index is 5.48. The molecule has 0 aliphatic carbocycles. The molecule has 3 rings (SSSR count). The molecule has 1 fully saturated rings. The molecule has 0 spiro atoms. The van der Waals surface area contributed by atoms with Crippen molar-refractivity contribution in [3.63, 3.8) is 0 Å². The highest BCUT2D eigenvalue weighted by molar-refractivity contribution is 5.33. The van der Waals surface area contributed by atoms with Crippen LogP contribution < -0.4 is 5.32 Å². The lowest BCUT2D eigenvalue weighted by molar-refractivity contribution is 0.110. The molecule has 18 heavy (non-hydrogen) atoms. The largest absolute Gasteiger partial charge is 0.376 e. The molecule has 2 aliphatic heterocycles. The minimum absolute atomic E-state index is 0.799. The van der Waals surface area contributed by atoms with Gasteiger partial charge in [-0.05, 0) is 29.5 Å². The lowest BCUT2D eigenvalue weighted by Crippen LogP contribution is -2.44. The molecule has 98 valence electrons. The number of ether oxygens (including phenoxy) is 1. The first-order chi connectivity index (χ1) is 8.92. The van der Waals surface area contributed by atoms with Gasteiger partial charge in [-0.15, -0.1) is 0 Å². The molecule has 0 aromatic heterocycles. The van der Waals surface area contributed by atoms with Crippen molar-refractivity contribution in [1.82, 2.24) is 10.2 Å². The number of hydrogen-bond acceptors (Lipinski definition) is 3. The molecule has 0 bridgehead atoms. The Balaban J connectivity index is 1.58. The SMILES string of the molecule is c1cc2c(cc1CCN1CCNCC1)CCOC2. The molecule has 0 unspecified atom stereocenters. The van der Waals surface area contributed by atoms with Crippen LogP contribution in [0.5, 0.6) is 0 Å². The molecule has 0 amide bonds. The van der Waals surface area contributed by atoms with Crippen LogP contribution in [0.3, 0.4) is 0 Å². The fourth-order valence-corrected chi connectivity index (χ4v) is 2.79. The molecule has 3 nitrogen and oxygen atoms in total. The average molecular weight is 246 g/mol. The monoisotopic (exact) mass is 246 g/mol. The van der Waals surface area contributed by atoms with Gasteiger partial charge in [-0.25, -0.2) is 0 Å². The zero-order valence-electron chi connectivity index (χ0n) is 11.0. The Morgan fingerprint density at radius 1 is 1.17 bits per heavy atom. The van der Waals surface area contributed by atoms with Gasteiger partial charge in [0.15, 0.2) is 0 Å². The molecule has 1 aromatic rings. The number of nitrogens with one attached hydrogen (secondary N) is 1. The van der Waals surface area contributed by atoms with Crippen LogP contribution in [-0.4, -0.2) is 44.2 Å². The number of rotatable bonds is 3. The molecule has 1 saturated heterocycles. The van der Waals surface area contributed by atoms with Gasteiger partial charge in [0.2, 0.25) is 0 Å². The maximum Gasteiger partial charge on any atom is 0.0719 e. The normalized spacial score (nSPS) is 20.7. The highest BCUT2D eigenvalue weighted by Gasteiger charge is 2.11. The topological polar surface area (TPSA) is 24.5 Å². The zero-order chi connectivity index (χ0) is 12.2. The van der Waals surface area contributed by atoms with E-state index < -0.39 is 0 Å². The van der Waals surface area contributed by atoms with Crippen LogP contribution >= 0.6 is 0 Å². The molecule has 2 aliphatic rings. The van der Waals surface area contributed by atoms with Crippen LogP contribution in [0.4, 0.5) is 0 Å². The van der Waals surface area contributed by atoms with E-state index in [-0.39, 0.29) is 0 Å². The smallest absolute Gasteiger partial charge is 0.0719 e. The predicted octanol–water partition coefficient (Wildman–Crippen LogP) is 1.21. The van der Waals surface area contributed by atoms with E-state index in [1.54, 1.807) is 0 Å². The van der Waals surface area contributed by atoms with E-state index in [0.717, 1.165) is 32.7 Å². The third-order valence-corrected chi connectivity index (χ3v) is 3.97. The number of hydrogen-bond donors (Lipinski definition) is 1. The van der Waals surface area contributed by atoms with E-state index in [9.17, 15) is 0 Å². The quantitative estimate of drug-likeness (QED) is 0.867. The lowest BCUT2D eigenvalue weighted by atomic mass is 9.99. The molecule has 3 heteroatoms. The first-order valence-electron chi connectivity index (χ1n) is 7.03. The summed E-state index contributed by atoms with van der Waals surface area (Å²) in [4.78, 5) is 2.55. The average Bonchev–Trinajstić information content (AvgIpc) is 2.46. The Labute approximate surface area is 109 Å². The summed E-state index contributed by atoms with van der Waals surface area (Å²) in [5.74, 6) is 0. The molecule has 1 aromatic carbocycles. The highest BCUT2D eigenvalue weighted by Crippen LogP contribution is 2.18.